The molecule has 2 saturated carbocycles. The van der Waals surface area contributed by atoms with E-state index >= 15 is 0 Å². The SMILES string of the molecule is COC1Cc2c(c3n(c(=O)c2O)C(C2CC2)N(CC2(O)CCC2)C3=O)CCN1Cc1ccc(F)cc1. The number of methoxy groups -OCH3 is 1. The zero-order valence-corrected chi connectivity index (χ0v) is 20.5. The molecule has 2 aromatic rings. The first-order valence-electron chi connectivity index (χ1n) is 12.8. The van der Waals surface area contributed by atoms with E-state index in [1.165, 1.54) is 16.7 Å². The third kappa shape index (κ3) is 3.84. The van der Waals surface area contributed by atoms with Crippen LogP contribution in [0, 0.1) is 11.7 Å². The summed E-state index contributed by atoms with van der Waals surface area (Å²) in [5.41, 5.74) is 0.981. The largest absolute Gasteiger partial charge is 0.503 e. The van der Waals surface area contributed by atoms with Crippen LogP contribution in [0.3, 0.4) is 0 Å². The first-order chi connectivity index (χ1) is 17.3. The Hall–Kier alpha value is -2.75. The van der Waals surface area contributed by atoms with Crippen molar-refractivity contribution >= 4 is 5.91 Å². The lowest BCUT2D eigenvalue weighted by Gasteiger charge is -2.41. The quantitative estimate of drug-likeness (QED) is 0.637. The second-order valence-electron chi connectivity index (χ2n) is 10.8. The van der Waals surface area contributed by atoms with E-state index < -0.39 is 23.6 Å². The summed E-state index contributed by atoms with van der Waals surface area (Å²) in [6, 6.07) is 6.30. The molecule has 2 aliphatic carbocycles. The predicted molar refractivity (Wildman–Crippen MR) is 129 cm³/mol. The van der Waals surface area contributed by atoms with Crippen molar-refractivity contribution in [3.63, 3.8) is 0 Å². The highest BCUT2D eigenvalue weighted by Gasteiger charge is 2.51. The number of carbonyl (C=O) groups is 1. The number of aliphatic hydroxyl groups is 1. The van der Waals surface area contributed by atoms with Gasteiger partial charge in [0.05, 0.1) is 12.1 Å². The molecule has 2 fully saturated rings. The number of aromatic nitrogens is 1. The Kier molecular flexibility index (Phi) is 5.70. The number of carbonyl (C=O) groups excluding carboxylic acids is 1. The molecule has 9 heteroatoms. The summed E-state index contributed by atoms with van der Waals surface area (Å²) in [6.45, 7) is 1.25. The number of pyridine rings is 1. The van der Waals surface area contributed by atoms with Gasteiger partial charge in [-0.3, -0.25) is 19.1 Å². The molecule has 2 atom stereocenters. The molecule has 0 saturated heterocycles. The van der Waals surface area contributed by atoms with Crippen molar-refractivity contribution < 1.29 is 24.1 Å². The molecule has 192 valence electrons. The van der Waals surface area contributed by atoms with E-state index in [1.54, 1.807) is 24.1 Å². The summed E-state index contributed by atoms with van der Waals surface area (Å²) < 4.78 is 20.7. The molecule has 8 nitrogen and oxygen atoms in total. The molecule has 3 heterocycles. The fourth-order valence-corrected chi connectivity index (χ4v) is 6.17. The van der Waals surface area contributed by atoms with Gasteiger partial charge in [0.1, 0.15) is 23.9 Å². The number of ether oxygens (including phenoxy) is 1. The molecule has 2 unspecified atom stereocenters. The van der Waals surface area contributed by atoms with Gasteiger partial charge in [0.25, 0.3) is 11.5 Å². The van der Waals surface area contributed by atoms with Gasteiger partial charge in [0.15, 0.2) is 5.75 Å². The van der Waals surface area contributed by atoms with Gasteiger partial charge in [-0.2, -0.15) is 0 Å². The number of nitrogens with zero attached hydrogens (tertiary/aromatic N) is 3. The lowest BCUT2D eigenvalue weighted by Crippen LogP contribution is -2.50. The Balaban J connectivity index is 1.38. The van der Waals surface area contributed by atoms with Gasteiger partial charge in [-0.05, 0) is 67.7 Å². The van der Waals surface area contributed by atoms with Crippen LogP contribution in [0.25, 0.3) is 0 Å². The molecule has 2 aliphatic heterocycles. The third-order valence-corrected chi connectivity index (χ3v) is 8.44. The zero-order chi connectivity index (χ0) is 25.2. The van der Waals surface area contributed by atoms with Gasteiger partial charge >= 0.3 is 0 Å². The average molecular weight is 498 g/mol. The van der Waals surface area contributed by atoms with Crippen molar-refractivity contribution in [3.05, 3.63) is 62.8 Å². The molecule has 1 amide bonds. The van der Waals surface area contributed by atoms with Gasteiger partial charge in [0.2, 0.25) is 0 Å². The van der Waals surface area contributed by atoms with E-state index in [2.05, 4.69) is 4.90 Å². The summed E-state index contributed by atoms with van der Waals surface area (Å²) in [5.74, 6) is -0.698. The van der Waals surface area contributed by atoms with Gasteiger partial charge in [-0.15, -0.1) is 0 Å². The minimum atomic E-state index is -0.902. The van der Waals surface area contributed by atoms with Crippen LogP contribution < -0.4 is 5.56 Å². The van der Waals surface area contributed by atoms with Crippen molar-refractivity contribution in [2.75, 3.05) is 20.2 Å². The number of rotatable bonds is 6. The second kappa shape index (κ2) is 8.68. The zero-order valence-electron chi connectivity index (χ0n) is 20.5. The first-order valence-corrected chi connectivity index (χ1v) is 12.8. The molecular weight excluding hydrogens is 465 g/mol. The van der Waals surface area contributed by atoms with E-state index in [1.807, 2.05) is 0 Å². The molecular formula is C27H32FN3O5. The topological polar surface area (TPSA) is 95.2 Å². The van der Waals surface area contributed by atoms with Crippen LogP contribution in [-0.4, -0.2) is 62.5 Å². The van der Waals surface area contributed by atoms with E-state index in [-0.39, 0.29) is 36.4 Å². The molecule has 0 radical (unpaired) electrons. The van der Waals surface area contributed by atoms with Crippen molar-refractivity contribution in [1.82, 2.24) is 14.4 Å². The number of hydrogen-bond donors (Lipinski definition) is 2. The van der Waals surface area contributed by atoms with Gasteiger partial charge < -0.3 is 19.8 Å². The summed E-state index contributed by atoms with van der Waals surface area (Å²) in [7, 11) is 1.58. The predicted octanol–water partition coefficient (Wildman–Crippen LogP) is 2.55. The molecule has 4 aliphatic rings. The highest BCUT2D eigenvalue weighted by Crippen LogP contribution is 2.48. The van der Waals surface area contributed by atoms with Crippen LogP contribution in [0.2, 0.25) is 0 Å². The van der Waals surface area contributed by atoms with Crippen molar-refractivity contribution in [2.24, 2.45) is 5.92 Å². The van der Waals surface area contributed by atoms with Crippen LogP contribution in [-0.2, 0) is 24.1 Å². The Morgan fingerprint density at radius 3 is 2.47 bits per heavy atom. The monoisotopic (exact) mass is 497 g/mol. The first kappa shape index (κ1) is 23.6. The smallest absolute Gasteiger partial charge is 0.295 e. The Morgan fingerprint density at radius 2 is 1.86 bits per heavy atom. The highest BCUT2D eigenvalue weighted by atomic mass is 19.1. The number of amides is 1. The van der Waals surface area contributed by atoms with Crippen molar-refractivity contribution in [2.45, 2.75) is 69.5 Å². The van der Waals surface area contributed by atoms with Crippen molar-refractivity contribution in [3.8, 4) is 5.75 Å². The second-order valence-corrected chi connectivity index (χ2v) is 10.8. The molecule has 1 aromatic carbocycles. The normalized spacial score (nSPS) is 25.3. The Labute approximate surface area is 208 Å². The van der Waals surface area contributed by atoms with E-state index in [0.717, 1.165) is 24.8 Å². The van der Waals surface area contributed by atoms with Crippen molar-refractivity contribution in [1.29, 1.82) is 0 Å². The average Bonchev–Trinajstić information content (AvgIpc) is 3.66. The minimum absolute atomic E-state index is 0.154. The fourth-order valence-electron chi connectivity index (χ4n) is 6.17. The Morgan fingerprint density at radius 1 is 1.14 bits per heavy atom. The minimum Gasteiger partial charge on any atom is -0.503 e. The molecule has 36 heavy (non-hydrogen) atoms. The van der Waals surface area contributed by atoms with Gasteiger partial charge in [-0.1, -0.05) is 12.1 Å². The number of aromatic hydroxyl groups is 1. The third-order valence-electron chi connectivity index (χ3n) is 8.44. The lowest BCUT2D eigenvalue weighted by atomic mass is 9.80. The van der Waals surface area contributed by atoms with Gasteiger partial charge in [-0.25, -0.2) is 4.39 Å². The number of fused-ring (bicyclic) bond motifs is 3. The standard InChI is InChI=1S/C27H32FN3O5/c1-36-21-13-20-19(9-12-29(21)14-16-3-7-18(28)8-4-16)22-25(33)30(15-27(35)10-2-11-27)24(17-5-6-17)31(22)26(34)23(20)32/h3-4,7-8,17,21,24,32,35H,2,5-6,9-15H2,1H3. The summed E-state index contributed by atoms with van der Waals surface area (Å²) >= 11 is 0. The lowest BCUT2D eigenvalue weighted by molar-refractivity contribution is -0.0638. The van der Waals surface area contributed by atoms with Crippen LogP contribution in [0.15, 0.2) is 29.1 Å². The van der Waals surface area contributed by atoms with Gasteiger partial charge in [0, 0.05) is 32.2 Å². The van der Waals surface area contributed by atoms with Crippen LogP contribution in [0.4, 0.5) is 4.39 Å². The van der Waals surface area contributed by atoms with Crippen LogP contribution >= 0.6 is 0 Å². The molecule has 1 aromatic heterocycles. The molecule has 6 rings (SSSR count). The molecule has 0 bridgehead atoms. The summed E-state index contributed by atoms with van der Waals surface area (Å²) in [4.78, 5) is 31.1. The summed E-state index contributed by atoms with van der Waals surface area (Å²) in [6.07, 6.45) is 3.88. The Bertz CT molecular complexity index is 1250. The van der Waals surface area contributed by atoms with E-state index in [0.29, 0.717) is 49.2 Å². The molecule has 2 N–H and O–H groups in total. The maximum atomic E-state index is 13.9. The number of hydrogen-bond acceptors (Lipinski definition) is 6. The number of halogens is 1. The highest BCUT2D eigenvalue weighted by molar-refractivity contribution is 5.97. The summed E-state index contributed by atoms with van der Waals surface area (Å²) in [5, 5.41) is 22.0. The number of β-amino-alcohol motifs (C(OH)–C–C–N with tert-alkyl or cyclic N) is 1. The maximum Gasteiger partial charge on any atom is 0.295 e. The van der Waals surface area contributed by atoms with E-state index in [4.69, 9.17) is 4.74 Å². The molecule has 0 spiro atoms. The van der Waals surface area contributed by atoms with E-state index in [9.17, 15) is 24.2 Å². The maximum absolute atomic E-state index is 13.9. The fraction of sp³-hybridized carbons (Fsp3) is 0.556. The van der Waals surface area contributed by atoms with Crippen LogP contribution in [0.5, 0.6) is 5.75 Å². The number of benzene rings is 1. The van der Waals surface area contributed by atoms with Crippen LogP contribution in [0.1, 0.15) is 65.4 Å².